The molecule has 5 heteroatoms. The molecule has 0 saturated carbocycles. The molecule has 0 aliphatic carbocycles. The number of hydrogen-bond donors (Lipinski definition) is 2. The molecule has 2 rings (SSSR count). The second-order valence-electron chi connectivity index (χ2n) is 4.88. The summed E-state index contributed by atoms with van der Waals surface area (Å²) in [6, 6.07) is 9.09. The van der Waals surface area contributed by atoms with Gasteiger partial charge in [0, 0.05) is 0 Å². The lowest BCUT2D eigenvalue weighted by molar-refractivity contribution is -0.148. The molecule has 0 spiro atoms. The Hall–Kier alpha value is -1.72. The zero-order chi connectivity index (χ0) is 13.2. The van der Waals surface area contributed by atoms with Crippen molar-refractivity contribution in [3.63, 3.8) is 0 Å². The fraction of sp³-hybridized carbons (Fsp3) is 0.385. The van der Waals surface area contributed by atoms with Gasteiger partial charge in [0.05, 0.1) is 12.1 Å². The molecule has 0 radical (unpaired) electrons. The first kappa shape index (κ1) is 12.7. The van der Waals surface area contributed by atoms with E-state index in [9.17, 15) is 10.2 Å². The first-order chi connectivity index (χ1) is 8.43. The van der Waals surface area contributed by atoms with Crippen molar-refractivity contribution < 1.29 is 10.2 Å². The summed E-state index contributed by atoms with van der Waals surface area (Å²) >= 11 is 0. The van der Waals surface area contributed by atoms with Crippen molar-refractivity contribution in [2.75, 3.05) is 0 Å². The largest absolute Gasteiger partial charge is 0.387 e. The summed E-state index contributed by atoms with van der Waals surface area (Å²) in [7, 11) is 0. The van der Waals surface area contributed by atoms with Crippen molar-refractivity contribution in [1.29, 1.82) is 0 Å². The molecule has 1 atom stereocenters. The van der Waals surface area contributed by atoms with E-state index in [4.69, 9.17) is 0 Å². The third-order valence-electron chi connectivity index (χ3n) is 3.12. The number of rotatable bonds is 4. The number of hydrogen-bond acceptors (Lipinski definition) is 4. The van der Waals surface area contributed by atoms with Crippen LogP contribution in [-0.4, -0.2) is 30.6 Å². The zero-order valence-corrected chi connectivity index (χ0v) is 10.5. The molecule has 1 aromatic heterocycles. The lowest BCUT2D eigenvalue weighted by Crippen LogP contribution is -2.50. The van der Waals surface area contributed by atoms with Crippen LogP contribution >= 0.6 is 0 Å². The monoisotopic (exact) mass is 247 g/mol. The van der Waals surface area contributed by atoms with E-state index in [0.717, 1.165) is 0 Å². The van der Waals surface area contributed by atoms with Crippen molar-refractivity contribution in [1.82, 2.24) is 14.8 Å². The summed E-state index contributed by atoms with van der Waals surface area (Å²) in [5.74, 6) is 0. The predicted molar refractivity (Wildman–Crippen MR) is 66.7 cm³/mol. The smallest absolute Gasteiger partial charge is 0.137 e. The number of benzene rings is 1. The van der Waals surface area contributed by atoms with E-state index in [1.54, 1.807) is 26.0 Å². The second kappa shape index (κ2) is 4.51. The van der Waals surface area contributed by atoms with Gasteiger partial charge in [-0.05, 0) is 19.4 Å². The molecule has 0 aliphatic rings. The molecule has 2 N–H and O–H groups in total. The second-order valence-corrected chi connectivity index (χ2v) is 4.88. The van der Waals surface area contributed by atoms with Crippen molar-refractivity contribution in [2.45, 2.75) is 31.6 Å². The minimum atomic E-state index is -1.43. The van der Waals surface area contributed by atoms with Crippen molar-refractivity contribution in [2.24, 2.45) is 0 Å². The van der Waals surface area contributed by atoms with Crippen LogP contribution < -0.4 is 0 Å². The van der Waals surface area contributed by atoms with Crippen LogP contribution in [0.3, 0.4) is 0 Å². The molecule has 1 unspecified atom stereocenters. The summed E-state index contributed by atoms with van der Waals surface area (Å²) in [5.41, 5.74) is -2.09. The predicted octanol–water partition coefficient (Wildman–Crippen LogP) is 0.937. The van der Waals surface area contributed by atoms with E-state index in [-0.39, 0.29) is 6.54 Å². The van der Waals surface area contributed by atoms with E-state index in [2.05, 4.69) is 10.1 Å². The van der Waals surface area contributed by atoms with E-state index < -0.39 is 11.2 Å². The van der Waals surface area contributed by atoms with Gasteiger partial charge in [0.2, 0.25) is 0 Å². The number of nitrogens with zero attached hydrogens (tertiary/aromatic N) is 3. The maximum atomic E-state index is 10.9. The van der Waals surface area contributed by atoms with Crippen LogP contribution in [0.4, 0.5) is 0 Å². The maximum Gasteiger partial charge on any atom is 0.137 e. The van der Waals surface area contributed by atoms with Crippen LogP contribution in [0.1, 0.15) is 19.4 Å². The zero-order valence-electron chi connectivity index (χ0n) is 10.5. The van der Waals surface area contributed by atoms with E-state index in [1.807, 2.05) is 18.2 Å². The Morgan fingerprint density at radius 3 is 2.33 bits per heavy atom. The lowest BCUT2D eigenvalue weighted by atomic mass is 9.80. The van der Waals surface area contributed by atoms with Gasteiger partial charge in [-0.25, -0.2) is 9.67 Å². The summed E-state index contributed by atoms with van der Waals surface area (Å²) in [5, 5.41) is 25.1. The molecule has 18 heavy (non-hydrogen) atoms. The Labute approximate surface area is 106 Å². The average molecular weight is 247 g/mol. The first-order valence-electron chi connectivity index (χ1n) is 5.76. The quantitative estimate of drug-likeness (QED) is 0.843. The van der Waals surface area contributed by atoms with Crippen molar-refractivity contribution >= 4 is 0 Å². The van der Waals surface area contributed by atoms with E-state index >= 15 is 0 Å². The molecule has 5 nitrogen and oxygen atoms in total. The topological polar surface area (TPSA) is 71.2 Å². The summed E-state index contributed by atoms with van der Waals surface area (Å²) in [6.45, 7) is 3.30. The Balaban J connectivity index is 2.42. The van der Waals surface area contributed by atoms with Crippen LogP contribution in [0, 0.1) is 0 Å². The maximum absolute atomic E-state index is 10.9. The van der Waals surface area contributed by atoms with Crippen LogP contribution in [0.25, 0.3) is 0 Å². The van der Waals surface area contributed by atoms with Crippen LogP contribution in [0.5, 0.6) is 0 Å². The SMILES string of the molecule is CC(C)(O)C(O)(Cn1cncn1)c1ccccc1. The summed E-state index contributed by atoms with van der Waals surface area (Å²) in [6.07, 6.45) is 2.91. The van der Waals surface area contributed by atoms with Gasteiger partial charge in [0.15, 0.2) is 0 Å². The van der Waals surface area contributed by atoms with Gasteiger partial charge < -0.3 is 10.2 Å². The fourth-order valence-corrected chi connectivity index (χ4v) is 1.90. The molecule has 0 fully saturated rings. The van der Waals surface area contributed by atoms with E-state index in [0.29, 0.717) is 5.56 Å². The number of aromatic nitrogens is 3. The Morgan fingerprint density at radius 2 is 1.83 bits per heavy atom. The molecule has 96 valence electrons. The molecule has 0 saturated heterocycles. The van der Waals surface area contributed by atoms with Gasteiger partial charge >= 0.3 is 0 Å². The third kappa shape index (κ3) is 2.27. The minimum Gasteiger partial charge on any atom is -0.387 e. The molecule has 0 bridgehead atoms. The Morgan fingerprint density at radius 1 is 1.17 bits per heavy atom. The lowest BCUT2D eigenvalue weighted by Gasteiger charge is -2.39. The van der Waals surface area contributed by atoms with E-state index in [1.165, 1.54) is 17.3 Å². The average Bonchev–Trinajstić information content (AvgIpc) is 2.81. The van der Waals surface area contributed by atoms with Gasteiger partial charge in [-0.15, -0.1) is 0 Å². The first-order valence-corrected chi connectivity index (χ1v) is 5.76. The van der Waals surface area contributed by atoms with Gasteiger partial charge in [0.25, 0.3) is 0 Å². The van der Waals surface area contributed by atoms with Crippen LogP contribution in [0.15, 0.2) is 43.0 Å². The van der Waals surface area contributed by atoms with Crippen molar-refractivity contribution in [3.05, 3.63) is 48.5 Å². The van der Waals surface area contributed by atoms with Gasteiger partial charge in [0.1, 0.15) is 18.3 Å². The molecular formula is C13H17N3O2. The molecule has 2 aromatic rings. The normalized spacial score (nSPS) is 15.3. The molecule has 0 aliphatic heterocycles. The Kier molecular flexibility index (Phi) is 3.19. The number of aliphatic hydroxyl groups is 2. The summed E-state index contributed by atoms with van der Waals surface area (Å²) in [4.78, 5) is 3.84. The highest BCUT2D eigenvalue weighted by molar-refractivity contribution is 5.25. The highest BCUT2D eigenvalue weighted by Gasteiger charge is 2.44. The third-order valence-corrected chi connectivity index (χ3v) is 3.12. The highest BCUT2D eigenvalue weighted by atomic mass is 16.4. The molecule has 1 heterocycles. The fourth-order valence-electron chi connectivity index (χ4n) is 1.90. The van der Waals surface area contributed by atoms with Crippen LogP contribution in [0.2, 0.25) is 0 Å². The summed E-state index contributed by atoms with van der Waals surface area (Å²) < 4.78 is 1.50. The highest BCUT2D eigenvalue weighted by Crippen LogP contribution is 2.34. The minimum absolute atomic E-state index is 0.139. The van der Waals surface area contributed by atoms with Crippen molar-refractivity contribution in [3.8, 4) is 0 Å². The van der Waals surface area contributed by atoms with Gasteiger partial charge in [-0.3, -0.25) is 0 Å². The molecular weight excluding hydrogens is 230 g/mol. The standard InChI is InChI=1S/C13H17N3O2/c1-12(2,17)13(18,8-16-10-14-9-15-16)11-6-4-3-5-7-11/h3-7,9-10,17-18H,8H2,1-2H3. The van der Waals surface area contributed by atoms with Gasteiger partial charge in [-0.1, -0.05) is 30.3 Å². The van der Waals surface area contributed by atoms with Crippen LogP contribution in [-0.2, 0) is 12.1 Å². The van der Waals surface area contributed by atoms with Gasteiger partial charge in [-0.2, -0.15) is 5.10 Å². The molecule has 0 amide bonds. The molecule has 1 aromatic carbocycles. The Bertz CT molecular complexity index is 491.